The van der Waals surface area contributed by atoms with E-state index in [9.17, 15) is 0 Å². The zero-order valence-electron chi connectivity index (χ0n) is 5.49. The minimum atomic E-state index is 0.0161. The average molecular weight is 136 g/mol. The maximum atomic E-state index is 5.30. The molecular formula is C8H8O2. The minimum absolute atomic E-state index is 0.0161. The highest BCUT2D eigenvalue weighted by Gasteiger charge is 2.24. The molecule has 10 heavy (non-hydrogen) atoms. The van der Waals surface area contributed by atoms with Crippen molar-refractivity contribution in [3.8, 4) is 5.75 Å². The number of rotatable bonds is 2. The Morgan fingerprint density at radius 3 is 2.60 bits per heavy atom. The summed E-state index contributed by atoms with van der Waals surface area (Å²) in [5.74, 6) is 0.880. The van der Waals surface area contributed by atoms with E-state index in [0.29, 0.717) is 0 Å². The third kappa shape index (κ3) is 1.28. The number of hydrogen-bond acceptors (Lipinski definition) is 2. The van der Waals surface area contributed by atoms with E-state index in [1.807, 2.05) is 30.3 Å². The van der Waals surface area contributed by atoms with Gasteiger partial charge in [0.25, 0.3) is 0 Å². The van der Waals surface area contributed by atoms with Crippen LogP contribution < -0.4 is 4.74 Å². The first-order chi connectivity index (χ1) is 4.95. The van der Waals surface area contributed by atoms with Crippen LogP contribution in [-0.4, -0.2) is 12.9 Å². The standard InChI is InChI=1S/C8H8O2/c1-2-4-7(5-3-1)10-8-6-9-8/h1-5,8H,6H2/t8-/m1/s1. The van der Waals surface area contributed by atoms with Gasteiger partial charge in [-0.2, -0.15) is 0 Å². The number of hydrogen-bond donors (Lipinski definition) is 0. The average Bonchev–Trinajstić information content (AvgIpc) is 2.74. The second-order valence-corrected chi connectivity index (χ2v) is 2.19. The SMILES string of the molecule is c1ccc(O[C@@H]2CO2)cc1. The molecule has 1 aliphatic heterocycles. The first kappa shape index (κ1) is 5.74. The molecule has 1 aromatic rings. The van der Waals surface area contributed by atoms with E-state index in [4.69, 9.17) is 9.47 Å². The molecule has 2 heteroatoms. The Hall–Kier alpha value is -1.02. The lowest BCUT2D eigenvalue weighted by Crippen LogP contribution is -1.96. The van der Waals surface area contributed by atoms with Gasteiger partial charge in [0.05, 0.1) is 0 Å². The molecule has 1 aromatic carbocycles. The van der Waals surface area contributed by atoms with Gasteiger partial charge in [0.2, 0.25) is 6.29 Å². The predicted molar refractivity (Wildman–Crippen MR) is 36.8 cm³/mol. The van der Waals surface area contributed by atoms with Crippen molar-refractivity contribution in [3.05, 3.63) is 30.3 Å². The molecule has 1 saturated heterocycles. The fraction of sp³-hybridized carbons (Fsp3) is 0.250. The van der Waals surface area contributed by atoms with Crippen molar-refractivity contribution < 1.29 is 9.47 Å². The molecule has 0 amide bonds. The molecule has 2 nitrogen and oxygen atoms in total. The fourth-order valence-corrected chi connectivity index (χ4v) is 0.758. The molecule has 0 unspecified atom stereocenters. The highest BCUT2D eigenvalue weighted by Crippen LogP contribution is 2.17. The molecule has 1 aliphatic rings. The molecule has 0 bridgehead atoms. The summed E-state index contributed by atoms with van der Waals surface area (Å²) >= 11 is 0. The second-order valence-electron chi connectivity index (χ2n) is 2.19. The van der Waals surface area contributed by atoms with Crippen molar-refractivity contribution in [3.63, 3.8) is 0 Å². The third-order valence-corrected chi connectivity index (χ3v) is 1.31. The molecule has 2 rings (SSSR count). The quantitative estimate of drug-likeness (QED) is 0.573. The first-order valence-corrected chi connectivity index (χ1v) is 3.28. The highest BCUT2D eigenvalue weighted by molar-refractivity contribution is 5.21. The molecular weight excluding hydrogens is 128 g/mol. The maximum Gasteiger partial charge on any atom is 0.223 e. The molecule has 0 N–H and O–H groups in total. The Morgan fingerprint density at radius 2 is 2.00 bits per heavy atom. The monoisotopic (exact) mass is 136 g/mol. The summed E-state index contributed by atoms with van der Waals surface area (Å²) in [6.07, 6.45) is 0.0161. The minimum Gasteiger partial charge on any atom is -0.462 e. The maximum absolute atomic E-state index is 5.30. The summed E-state index contributed by atoms with van der Waals surface area (Å²) in [6, 6.07) is 9.68. The number of epoxide rings is 1. The van der Waals surface area contributed by atoms with Gasteiger partial charge in [0, 0.05) is 0 Å². The van der Waals surface area contributed by atoms with Gasteiger partial charge in [-0.15, -0.1) is 0 Å². The van der Waals surface area contributed by atoms with Crippen molar-refractivity contribution in [2.45, 2.75) is 6.29 Å². The molecule has 52 valence electrons. The molecule has 0 aromatic heterocycles. The Kier molecular flexibility index (Phi) is 1.32. The second kappa shape index (κ2) is 2.31. The zero-order valence-corrected chi connectivity index (χ0v) is 5.49. The number of para-hydroxylation sites is 1. The summed E-state index contributed by atoms with van der Waals surface area (Å²) < 4.78 is 10.2. The van der Waals surface area contributed by atoms with Crippen molar-refractivity contribution in [2.75, 3.05) is 6.61 Å². The molecule has 1 fully saturated rings. The Bertz CT molecular complexity index is 204. The molecule has 1 atom stereocenters. The summed E-state index contributed by atoms with van der Waals surface area (Å²) in [4.78, 5) is 0. The lowest BCUT2D eigenvalue weighted by molar-refractivity contribution is 0.179. The van der Waals surface area contributed by atoms with E-state index < -0.39 is 0 Å². The van der Waals surface area contributed by atoms with Gasteiger partial charge in [-0.05, 0) is 12.1 Å². The summed E-state index contributed by atoms with van der Waals surface area (Å²) in [6.45, 7) is 0.731. The van der Waals surface area contributed by atoms with Crippen LogP contribution in [-0.2, 0) is 4.74 Å². The van der Waals surface area contributed by atoms with Crippen LogP contribution in [0.15, 0.2) is 30.3 Å². The molecule has 0 saturated carbocycles. The van der Waals surface area contributed by atoms with Gasteiger partial charge in [0.15, 0.2) is 0 Å². The van der Waals surface area contributed by atoms with Crippen LogP contribution in [0.5, 0.6) is 5.75 Å². The van der Waals surface area contributed by atoms with Crippen LogP contribution in [0.2, 0.25) is 0 Å². The van der Waals surface area contributed by atoms with Gasteiger partial charge in [0.1, 0.15) is 12.4 Å². The van der Waals surface area contributed by atoms with Crippen molar-refractivity contribution >= 4 is 0 Å². The van der Waals surface area contributed by atoms with E-state index in [0.717, 1.165) is 12.4 Å². The van der Waals surface area contributed by atoms with Crippen LogP contribution >= 0.6 is 0 Å². The van der Waals surface area contributed by atoms with E-state index in [1.54, 1.807) is 0 Å². The van der Waals surface area contributed by atoms with Crippen molar-refractivity contribution in [1.82, 2.24) is 0 Å². The zero-order chi connectivity index (χ0) is 6.81. The van der Waals surface area contributed by atoms with E-state index in [1.165, 1.54) is 0 Å². The lowest BCUT2D eigenvalue weighted by Gasteiger charge is -1.98. The molecule has 0 radical (unpaired) electrons. The van der Waals surface area contributed by atoms with Crippen LogP contribution in [0.3, 0.4) is 0 Å². The normalized spacial score (nSPS) is 22.2. The van der Waals surface area contributed by atoms with Crippen LogP contribution in [0, 0.1) is 0 Å². The van der Waals surface area contributed by atoms with Gasteiger partial charge >= 0.3 is 0 Å². The van der Waals surface area contributed by atoms with Crippen LogP contribution in [0.25, 0.3) is 0 Å². The number of benzene rings is 1. The van der Waals surface area contributed by atoms with Crippen LogP contribution in [0.4, 0.5) is 0 Å². The summed E-state index contributed by atoms with van der Waals surface area (Å²) in [7, 11) is 0. The highest BCUT2D eigenvalue weighted by atomic mass is 16.8. The fourth-order valence-electron chi connectivity index (χ4n) is 0.758. The molecule has 0 aliphatic carbocycles. The summed E-state index contributed by atoms with van der Waals surface area (Å²) in [5, 5.41) is 0. The van der Waals surface area contributed by atoms with Gasteiger partial charge < -0.3 is 9.47 Å². The Balaban J connectivity index is 2.03. The first-order valence-electron chi connectivity index (χ1n) is 3.28. The Morgan fingerprint density at radius 1 is 1.30 bits per heavy atom. The molecule has 0 spiro atoms. The van der Waals surface area contributed by atoms with Crippen molar-refractivity contribution in [2.24, 2.45) is 0 Å². The van der Waals surface area contributed by atoms with Gasteiger partial charge in [-0.3, -0.25) is 0 Å². The van der Waals surface area contributed by atoms with E-state index in [-0.39, 0.29) is 6.29 Å². The van der Waals surface area contributed by atoms with Gasteiger partial charge in [-0.25, -0.2) is 0 Å². The molecule has 1 heterocycles. The summed E-state index contributed by atoms with van der Waals surface area (Å²) in [5.41, 5.74) is 0. The third-order valence-electron chi connectivity index (χ3n) is 1.31. The topological polar surface area (TPSA) is 21.8 Å². The largest absolute Gasteiger partial charge is 0.462 e. The number of ether oxygens (including phenoxy) is 2. The lowest BCUT2D eigenvalue weighted by atomic mass is 10.3. The Labute approximate surface area is 59.4 Å². The smallest absolute Gasteiger partial charge is 0.223 e. The van der Waals surface area contributed by atoms with Gasteiger partial charge in [-0.1, -0.05) is 18.2 Å². The van der Waals surface area contributed by atoms with E-state index >= 15 is 0 Å². The van der Waals surface area contributed by atoms with Crippen molar-refractivity contribution in [1.29, 1.82) is 0 Å². The van der Waals surface area contributed by atoms with Crippen LogP contribution in [0.1, 0.15) is 0 Å². The van der Waals surface area contributed by atoms with E-state index in [2.05, 4.69) is 0 Å². The predicted octanol–water partition coefficient (Wildman–Crippen LogP) is 1.42.